The number of hydrogen-bond acceptors (Lipinski definition) is 2. The first-order valence-electron chi connectivity index (χ1n) is 21.0. The van der Waals surface area contributed by atoms with Gasteiger partial charge < -0.3 is 9.32 Å². The third-order valence-electron chi connectivity index (χ3n) is 13.9. The molecule has 1 aromatic heterocycles. The first kappa shape index (κ1) is 33.5. The van der Waals surface area contributed by atoms with E-state index in [1.54, 1.807) is 0 Å². The molecule has 0 bridgehead atoms. The number of rotatable bonds is 4. The standard InChI is InChI=1S/C58H39NO/c1-57(2)47-22-8-3-18-43(47)45-21-13-20-39(56(45)57)36-29-31-37(32-30-36)59(52-26-14-28-54-55(52)46-19-7-12-27-53(46)60-54)38-33-34-44-42-17-6-11-25-50(42)58(51(44)35-38)48-23-9-4-15-40(48)41-16-5-10-24-49(41)58/h3-35H,1-2H3. The molecule has 2 heteroatoms. The quantitative estimate of drug-likeness (QED) is 0.177. The Kier molecular flexibility index (Phi) is 6.74. The largest absolute Gasteiger partial charge is 0.456 e. The van der Waals surface area contributed by atoms with E-state index in [0.717, 1.165) is 39.0 Å². The van der Waals surface area contributed by atoms with Crippen LogP contribution in [-0.2, 0) is 10.8 Å². The summed E-state index contributed by atoms with van der Waals surface area (Å²) in [4.78, 5) is 2.45. The summed E-state index contributed by atoms with van der Waals surface area (Å²) in [6, 6.07) is 74.1. The molecule has 2 nitrogen and oxygen atoms in total. The second kappa shape index (κ2) is 12.1. The molecule has 0 fully saturated rings. The van der Waals surface area contributed by atoms with E-state index in [2.05, 4.69) is 219 Å². The van der Waals surface area contributed by atoms with Crippen LogP contribution in [0.15, 0.2) is 205 Å². The van der Waals surface area contributed by atoms with Crippen LogP contribution >= 0.6 is 0 Å². The van der Waals surface area contributed by atoms with Gasteiger partial charge in [0.1, 0.15) is 11.2 Å². The summed E-state index contributed by atoms with van der Waals surface area (Å²) in [5.74, 6) is 0. The van der Waals surface area contributed by atoms with Gasteiger partial charge in [0, 0.05) is 22.2 Å². The Hall–Kier alpha value is -7.42. The zero-order valence-electron chi connectivity index (χ0n) is 33.4. The summed E-state index contributed by atoms with van der Waals surface area (Å²) in [5.41, 5.74) is 23.0. The van der Waals surface area contributed by atoms with Crippen LogP contribution in [0.4, 0.5) is 17.1 Å². The van der Waals surface area contributed by atoms with Crippen LogP contribution in [0.25, 0.3) is 66.4 Å². The minimum absolute atomic E-state index is 0.110. The Bertz CT molecular complexity index is 3360. The number of hydrogen-bond donors (Lipinski definition) is 0. The van der Waals surface area contributed by atoms with E-state index >= 15 is 0 Å². The molecule has 13 rings (SSSR count). The third-order valence-corrected chi connectivity index (χ3v) is 13.9. The molecule has 60 heavy (non-hydrogen) atoms. The molecule has 0 amide bonds. The van der Waals surface area contributed by atoms with Crippen molar-refractivity contribution in [1.82, 2.24) is 0 Å². The molecule has 3 aliphatic carbocycles. The topological polar surface area (TPSA) is 16.4 Å². The van der Waals surface area contributed by atoms with Crippen molar-refractivity contribution >= 4 is 39.0 Å². The van der Waals surface area contributed by atoms with Crippen LogP contribution in [-0.4, -0.2) is 0 Å². The van der Waals surface area contributed by atoms with Crippen molar-refractivity contribution in [3.63, 3.8) is 0 Å². The molecule has 0 atom stereocenters. The van der Waals surface area contributed by atoms with Gasteiger partial charge in [0.05, 0.1) is 16.5 Å². The van der Waals surface area contributed by atoms with Gasteiger partial charge in [0.15, 0.2) is 0 Å². The molecule has 9 aromatic carbocycles. The average molecular weight is 766 g/mol. The summed E-state index contributed by atoms with van der Waals surface area (Å²) in [6.45, 7) is 4.74. The van der Waals surface area contributed by atoms with Crippen molar-refractivity contribution in [2.75, 3.05) is 4.90 Å². The highest BCUT2D eigenvalue weighted by molar-refractivity contribution is 6.13. The molecule has 10 aromatic rings. The summed E-state index contributed by atoms with van der Waals surface area (Å²) >= 11 is 0. The molecule has 0 unspecified atom stereocenters. The lowest BCUT2D eigenvalue weighted by Crippen LogP contribution is -2.26. The second-order valence-corrected chi connectivity index (χ2v) is 17.1. The zero-order valence-corrected chi connectivity index (χ0v) is 33.4. The van der Waals surface area contributed by atoms with E-state index in [0.29, 0.717) is 0 Å². The van der Waals surface area contributed by atoms with Gasteiger partial charge in [-0.15, -0.1) is 0 Å². The fraction of sp³-hybridized carbons (Fsp3) is 0.0690. The van der Waals surface area contributed by atoms with Gasteiger partial charge in [0.2, 0.25) is 0 Å². The minimum atomic E-state index is -0.447. The Morgan fingerprint density at radius 3 is 1.57 bits per heavy atom. The maximum Gasteiger partial charge on any atom is 0.137 e. The number of benzene rings is 9. The molecule has 0 radical (unpaired) electrons. The summed E-state index contributed by atoms with van der Waals surface area (Å²) < 4.78 is 6.52. The maximum absolute atomic E-state index is 6.52. The number of para-hydroxylation sites is 1. The molecule has 3 aliphatic rings. The molecule has 1 heterocycles. The van der Waals surface area contributed by atoms with Gasteiger partial charge in [-0.3, -0.25) is 0 Å². The van der Waals surface area contributed by atoms with Crippen LogP contribution < -0.4 is 4.90 Å². The van der Waals surface area contributed by atoms with Gasteiger partial charge in [-0.05, 0) is 120 Å². The molecule has 1 spiro atoms. The van der Waals surface area contributed by atoms with Crippen molar-refractivity contribution in [1.29, 1.82) is 0 Å². The molecular weight excluding hydrogens is 727 g/mol. The van der Waals surface area contributed by atoms with E-state index in [-0.39, 0.29) is 5.41 Å². The van der Waals surface area contributed by atoms with Gasteiger partial charge in [-0.1, -0.05) is 172 Å². The van der Waals surface area contributed by atoms with E-state index < -0.39 is 5.41 Å². The normalized spacial score (nSPS) is 14.4. The predicted molar refractivity (Wildman–Crippen MR) is 248 cm³/mol. The van der Waals surface area contributed by atoms with Crippen LogP contribution in [0.5, 0.6) is 0 Å². The number of fused-ring (bicyclic) bond motifs is 16. The Labute approximate surface area is 349 Å². The van der Waals surface area contributed by atoms with E-state index in [1.165, 1.54) is 77.9 Å². The SMILES string of the molecule is CC1(C)c2ccccc2-c2cccc(-c3ccc(N(c4ccc5c(c4)C4(c6ccccc6-c6ccccc64)c4ccccc4-5)c4cccc5oc6ccccc6c45)cc3)c21. The summed E-state index contributed by atoms with van der Waals surface area (Å²) in [5, 5.41) is 2.21. The van der Waals surface area contributed by atoms with Gasteiger partial charge in [0.25, 0.3) is 0 Å². The predicted octanol–water partition coefficient (Wildman–Crippen LogP) is 15.4. The highest BCUT2D eigenvalue weighted by Crippen LogP contribution is 2.63. The Balaban J connectivity index is 1.05. The molecule has 282 valence electrons. The lowest BCUT2D eigenvalue weighted by molar-refractivity contribution is 0.662. The highest BCUT2D eigenvalue weighted by atomic mass is 16.3. The Morgan fingerprint density at radius 2 is 0.883 bits per heavy atom. The first-order valence-corrected chi connectivity index (χ1v) is 21.0. The lowest BCUT2D eigenvalue weighted by atomic mass is 9.70. The van der Waals surface area contributed by atoms with Crippen LogP contribution in [0.2, 0.25) is 0 Å². The third kappa shape index (κ3) is 4.27. The fourth-order valence-electron chi connectivity index (χ4n) is 11.5. The monoisotopic (exact) mass is 765 g/mol. The van der Waals surface area contributed by atoms with E-state index in [4.69, 9.17) is 4.42 Å². The molecule has 0 N–H and O–H groups in total. The van der Waals surface area contributed by atoms with Crippen LogP contribution in [0, 0.1) is 0 Å². The van der Waals surface area contributed by atoms with Crippen LogP contribution in [0.3, 0.4) is 0 Å². The average Bonchev–Trinajstić information content (AvgIpc) is 3.99. The number of furan rings is 1. The van der Waals surface area contributed by atoms with Crippen molar-refractivity contribution in [2.24, 2.45) is 0 Å². The summed E-state index contributed by atoms with van der Waals surface area (Å²) in [7, 11) is 0. The number of nitrogens with zero attached hydrogens (tertiary/aromatic N) is 1. The van der Waals surface area contributed by atoms with Crippen LogP contribution in [0.1, 0.15) is 47.2 Å². The molecule has 0 saturated heterocycles. The van der Waals surface area contributed by atoms with E-state index in [1.807, 2.05) is 0 Å². The molecule has 0 saturated carbocycles. The van der Waals surface area contributed by atoms with Gasteiger partial charge >= 0.3 is 0 Å². The smallest absolute Gasteiger partial charge is 0.137 e. The van der Waals surface area contributed by atoms with Gasteiger partial charge in [-0.25, -0.2) is 0 Å². The van der Waals surface area contributed by atoms with E-state index in [9.17, 15) is 0 Å². The highest BCUT2D eigenvalue weighted by Gasteiger charge is 2.51. The lowest BCUT2D eigenvalue weighted by Gasteiger charge is -2.32. The van der Waals surface area contributed by atoms with Crippen molar-refractivity contribution in [3.05, 3.63) is 234 Å². The van der Waals surface area contributed by atoms with Gasteiger partial charge in [-0.2, -0.15) is 0 Å². The molecular formula is C58H39NO. The van der Waals surface area contributed by atoms with Crippen molar-refractivity contribution in [2.45, 2.75) is 24.7 Å². The Morgan fingerprint density at radius 1 is 0.383 bits per heavy atom. The first-order chi connectivity index (χ1) is 29.5. The maximum atomic E-state index is 6.52. The summed E-state index contributed by atoms with van der Waals surface area (Å²) in [6.07, 6.45) is 0. The van der Waals surface area contributed by atoms with Crippen molar-refractivity contribution in [3.8, 4) is 44.5 Å². The number of anilines is 3. The van der Waals surface area contributed by atoms with Crippen molar-refractivity contribution < 1.29 is 4.42 Å². The minimum Gasteiger partial charge on any atom is -0.456 e. The fourth-order valence-corrected chi connectivity index (χ4v) is 11.5. The zero-order chi connectivity index (χ0) is 39.7. The second-order valence-electron chi connectivity index (χ2n) is 17.1. The molecule has 0 aliphatic heterocycles.